The van der Waals surface area contributed by atoms with Crippen LogP contribution in [0.15, 0.2) is 55.0 Å². The lowest BCUT2D eigenvalue weighted by atomic mass is 10.1. The number of nitrogens with one attached hydrogen (secondary N) is 1. The Hall–Kier alpha value is -3.48. The number of hydrogen-bond acceptors (Lipinski definition) is 6. The van der Waals surface area contributed by atoms with E-state index < -0.39 is 0 Å². The molecule has 0 aliphatic heterocycles. The lowest BCUT2D eigenvalue weighted by molar-refractivity contribution is 0.770. The Morgan fingerprint density at radius 3 is 2.76 bits per heavy atom. The Kier molecular flexibility index (Phi) is 3.74. The van der Waals surface area contributed by atoms with E-state index in [1.54, 1.807) is 6.07 Å². The molecule has 3 N–H and O–H groups in total. The third-order valence-electron chi connectivity index (χ3n) is 3.92. The van der Waals surface area contributed by atoms with Crippen molar-refractivity contribution in [3.8, 4) is 11.3 Å². The average molecular weight is 331 g/mol. The molecule has 0 amide bonds. The van der Waals surface area contributed by atoms with E-state index >= 15 is 0 Å². The molecule has 0 atom stereocenters. The molecule has 0 saturated heterocycles. The molecule has 0 fully saturated rings. The molecule has 3 aromatic heterocycles. The summed E-state index contributed by atoms with van der Waals surface area (Å²) in [6.07, 6.45) is 3.49. The maximum Gasteiger partial charge on any atom is 0.166 e. The molecule has 0 aliphatic carbocycles. The Balaban J connectivity index is 1.65. The number of anilines is 2. The number of hydrogen-bond donors (Lipinski definition) is 2. The quantitative estimate of drug-likeness (QED) is 0.597. The van der Waals surface area contributed by atoms with Crippen LogP contribution >= 0.6 is 0 Å². The first-order valence-corrected chi connectivity index (χ1v) is 7.90. The molecule has 3 heterocycles. The molecule has 0 saturated carbocycles. The topological polar surface area (TPSA) is 94.5 Å². The van der Waals surface area contributed by atoms with Gasteiger partial charge >= 0.3 is 0 Å². The second-order valence-electron chi connectivity index (χ2n) is 5.73. The summed E-state index contributed by atoms with van der Waals surface area (Å²) >= 11 is 0. The zero-order valence-electron chi connectivity index (χ0n) is 13.7. The van der Waals surface area contributed by atoms with Crippen LogP contribution in [0, 0.1) is 0 Å². The van der Waals surface area contributed by atoms with Gasteiger partial charge in [-0.15, -0.1) is 0 Å². The van der Waals surface area contributed by atoms with E-state index in [2.05, 4.69) is 37.5 Å². The highest BCUT2D eigenvalue weighted by atomic mass is 15.3. The molecule has 0 spiro atoms. The van der Waals surface area contributed by atoms with Gasteiger partial charge in [0.15, 0.2) is 5.65 Å². The Morgan fingerprint density at radius 2 is 1.92 bits per heavy atom. The highest BCUT2D eigenvalue weighted by molar-refractivity contribution is 5.87. The second kappa shape index (κ2) is 6.20. The van der Waals surface area contributed by atoms with Crippen LogP contribution in [-0.2, 0) is 13.6 Å². The maximum atomic E-state index is 5.72. The number of aryl methyl sites for hydroxylation is 1. The number of nitrogens with zero attached hydrogens (tertiary/aromatic N) is 5. The molecule has 7 nitrogen and oxygen atoms in total. The fourth-order valence-corrected chi connectivity index (χ4v) is 2.78. The second-order valence-corrected chi connectivity index (χ2v) is 5.73. The minimum atomic E-state index is 0.441. The van der Waals surface area contributed by atoms with Crippen molar-refractivity contribution in [3.05, 3.63) is 60.6 Å². The maximum absolute atomic E-state index is 5.72. The highest BCUT2D eigenvalue weighted by Gasteiger charge is 2.11. The van der Waals surface area contributed by atoms with Gasteiger partial charge < -0.3 is 11.1 Å². The van der Waals surface area contributed by atoms with Gasteiger partial charge in [0.25, 0.3) is 0 Å². The van der Waals surface area contributed by atoms with Crippen LogP contribution in [0.25, 0.3) is 22.3 Å². The van der Waals surface area contributed by atoms with Crippen LogP contribution in [0.2, 0.25) is 0 Å². The van der Waals surface area contributed by atoms with Crippen molar-refractivity contribution in [2.45, 2.75) is 6.54 Å². The van der Waals surface area contributed by atoms with Crippen molar-refractivity contribution in [3.63, 3.8) is 0 Å². The van der Waals surface area contributed by atoms with Gasteiger partial charge in [0.2, 0.25) is 0 Å². The summed E-state index contributed by atoms with van der Waals surface area (Å²) in [7, 11) is 1.92. The average Bonchev–Trinajstić information content (AvgIpc) is 3.01. The predicted octanol–water partition coefficient (Wildman–Crippen LogP) is 2.62. The largest absolute Gasteiger partial charge is 0.384 e. The monoisotopic (exact) mass is 331 g/mol. The van der Waals surface area contributed by atoms with Gasteiger partial charge in [0, 0.05) is 30.9 Å². The van der Waals surface area contributed by atoms with E-state index in [0.29, 0.717) is 18.0 Å². The molecular formula is C18H17N7. The summed E-state index contributed by atoms with van der Waals surface area (Å²) in [5.74, 6) is 1.16. The molecule has 0 aliphatic rings. The molecule has 7 heteroatoms. The number of rotatable bonds is 4. The summed E-state index contributed by atoms with van der Waals surface area (Å²) in [6, 6.07) is 13.7. The van der Waals surface area contributed by atoms with Crippen LogP contribution in [0.1, 0.15) is 5.56 Å². The first-order chi connectivity index (χ1) is 12.2. The van der Waals surface area contributed by atoms with Gasteiger partial charge in [0.05, 0.1) is 11.1 Å². The van der Waals surface area contributed by atoms with Crippen molar-refractivity contribution >= 4 is 22.7 Å². The summed E-state index contributed by atoms with van der Waals surface area (Å²) in [5.41, 5.74) is 9.43. The fraction of sp³-hybridized carbons (Fsp3) is 0.111. The zero-order chi connectivity index (χ0) is 17.2. The molecule has 0 bridgehead atoms. The standard InChI is InChI=1S/C18H17N7/c1-25-10-13(16(24-25)12-5-3-2-4-6-12)9-20-17-14-7-8-15(19)23-18(14)22-11-21-17/h2-8,10-11H,9H2,1H3,(H3,19,20,21,22,23). The zero-order valence-corrected chi connectivity index (χ0v) is 13.7. The molecule has 4 aromatic rings. The molecular weight excluding hydrogens is 314 g/mol. The summed E-state index contributed by atoms with van der Waals surface area (Å²) in [4.78, 5) is 12.7. The van der Waals surface area contributed by atoms with E-state index in [1.165, 1.54) is 6.33 Å². The molecule has 1 aromatic carbocycles. The van der Waals surface area contributed by atoms with Gasteiger partial charge in [0.1, 0.15) is 18.0 Å². The third kappa shape index (κ3) is 2.99. The molecule has 124 valence electrons. The van der Waals surface area contributed by atoms with E-state index in [1.807, 2.05) is 42.2 Å². The first kappa shape index (κ1) is 15.1. The van der Waals surface area contributed by atoms with E-state index in [0.717, 1.165) is 28.0 Å². The van der Waals surface area contributed by atoms with Crippen molar-refractivity contribution < 1.29 is 0 Å². The van der Waals surface area contributed by atoms with Crippen molar-refractivity contribution in [1.29, 1.82) is 0 Å². The minimum absolute atomic E-state index is 0.441. The summed E-state index contributed by atoms with van der Waals surface area (Å²) < 4.78 is 1.82. The lowest BCUT2D eigenvalue weighted by Gasteiger charge is -2.08. The Morgan fingerprint density at radius 1 is 1.08 bits per heavy atom. The fourth-order valence-electron chi connectivity index (χ4n) is 2.78. The minimum Gasteiger partial charge on any atom is -0.384 e. The predicted molar refractivity (Wildman–Crippen MR) is 97.7 cm³/mol. The number of aromatic nitrogens is 5. The van der Waals surface area contributed by atoms with Crippen LogP contribution in [0.5, 0.6) is 0 Å². The Labute approximate surface area is 144 Å². The van der Waals surface area contributed by atoms with Gasteiger partial charge in [-0.25, -0.2) is 15.0 Å². The van der Waals surface area contributed by atoms with E-state index in [-0.39, 0.29) is 0 Å². The smallest absolute Gasteiger partial charge is 0.166 e. The van der Waals surface area contributed by atoms with Gasteiger partial charge in [-0.3, -0.25) is 4.68 Å². The Bertz CT molecular complexity index is 1020. The van der Waals surface area contributed by atoms with Crippen LogP contribution in [0.3, 0.4) is 0 Å². The summed E-state index contributed by atoms with van der Waals surface area (Å²) in [5, 5.41) is 8.78. The SMILES string of the molecule is Cn1cc(CNc2ncnc3nc(N)ccc23)c(-c2ccccc2)n1. The van der Waals surface area contributed by atoms with E-state index in [4.69, 9.17) is 5.73 Å². The van der Waals surface area contributed by atoms with Gasteiger partial charge in [-0.1, -0.05) is 30.3 Å². The van der Waals surface area contributed by atoms with Crippen molar-refractivity contribution in [1.82, 2.24) is 24.7 Å². The number of pyridine rings is 1. The number of benzene rings is 1. The third-order valence-corrected chi connectivity index (χ3v) is 3.92. The van der Waals surface area contributed by atoms with Crippen molar-refractivity contribution in [2.24, 2.45) is 7.05 Å². The number of nitrogens with two attached hydrogens (primary N) is 1. The normalized spacial score (nSPS) is 10.9. The highest BCUT2D eigenvalue weighted by Crippen LogP contribution is 2.24. The number of fused-ring (bicyclic) bond motifs is 1. The van der Waals surface area contributed by atoms with Crippen LogP contribution in [-0.4, -0.2) is 24.7 Å². The molecule has 4 rings (SSSR count). The van der Waals surface area contributed by atoms with Crippen molar-refractivity contribution in [2.75, 3.05) is 11.1 Å². The molecule has 0 radical (unpaired) electrons. The molecule has 0 unspecified atom stereocenters. The van der Waals surface area contributed by atoms with Gasteiger partial charge in [-0.05, 0) is 12.1 Å². The van der Waals surface area contributed by atoms with Crippen LogP contribution < -0.4 is 11.1 Å². The first-order valence-electron chi connectivity index (χ1n) is 7.90. The number of nitrogen functional groups attached to an aromatic ring is 1. The van der Waals surface area contributed by atoms with Crippen LogP contribution in [0.4, 0.5) is 11.6 Å². The van der Waals surface area contributed by atoms with Gasteiger partial charge in [-0.2, -0.15) is 5.10 Å². The lowest BCUT2D eigenvalue weighted by Crippen LogP contribution is -2.04. The van der Waals surface area contributed by atoms with E-state index in [9.17, 15) is 0 Å². The molecule has 25 heavy (non-hydrogen) atoms. The summed E-state index contributed by atoms with van der Waals surface area (Å²) in [6.45, 7) is 0.592.